The highest BCUT2D eigenvalue weighted by Crippen LogP contribution is 2.17. The lowest BCUT2D eigenvalue weighted by atomic mass is 10.1. The maximum atomic E-state index is 12.4. The monoisotopic (exact) mass is 281 g/mol. The van der Waals surface area contributed by atoms with Crippen LogP contribution in [-0.2, 0) is 0 Å². The fourth-order valence-electron chi connectivity index (χ4n) is 1.84. The van der Waals surface area contributed by atoms with Gasteiger partial charge in [-0.05, 0) is 56.0 Å². The van der Waals surface area contributed by atoms with Crippen LogP contribution in [0.25, 0.3) is 0 Å². The minimum Gasteiger partial charge on any atom is -0.339 e. The summed E-state index contributed by atoms with van der Waals surface area (Å²) in [6.07, 6.45) is 3.08. The van der Waals surface area contributed by atoms with E-state index in [0.717, 1.165) is 23.4 Å². The molecule has 1 aromatic carbocycles. The Balaban J connectivity index is 2.79. The highest BCUT2D eigenvalue weighted by Gasteiger charge is 2.17. The molecule has 0 saturated carbocycles. The summed E-state index contributed by atoms with van der Waals surface area (Å²) in [5.74, 6) is 6.51. The van der Waals surface area contributed by atoms with Gasteiger partial charge in [-0.15, -0.1) is 0 Å². The van der Waals surface area contributed by atoms with E-state index in [-0.39, 0.29) is 11.9 Å². The standard InChI is InChI=1S/C14H23N3OS/c1-10-9-12(5-6-13(10)16-15)14(18)17(3)11(2)7-8-19-4/h5-6,9,11,16H,7-8,15H2,1-4H3. The number of carbonyl (C=O) groups is 1. The van der Waals surface area contributed by atoms with Crippen molar-refractivity contribution in [1.82, 2.24) is 4.90 Å². The zero-order valence-electron chi connectivity index (χ0n) is 12.1. The molecule has 3 N–H and O–H groups in total. The molecule has 0 spiro atoms. The number of nitrogens with two attached hydrogens (primary N) is 1. The third-order valence-electron chi connectivity index (χ3n) is 3.35. The number of anilines is 1. The average Bonchev–Trinajstić information content (AvgIpc) is 2.42. The van der Waals surface area contributed by atoms with Crippen molar-refractivity contribution in [1.29, 1.82) is 0 Å². The lowest BCUT2D eigenvalue weighted by Gasteiger charge is -2.25. The first kappa shape index (κ1) is 15.9. The van der Waals surface area contributed by atoms with Gasteiger partial charge in [0.1, 0.15) is 0 Å². The number of benzene rings is 1. The van der Waals surface area contributed by atoms with Crippen molar-refractivity contribution in [2.75, 3.05) is 24.5 Å². The molecule has 0 aliphatic heterocycles. The summed E-state index contributed by atoms with van der Waals surface area (Å²) in [4.78, 5) is 14.2. The largest absolute Gasteiger partial charge is 0.339 e. The van der Waals surface area contributed by atoms with E-state index in [1.54, 1.807) is 16.7 Å². The van der Waals surface area contributed by atoms with Crippen molar-refractivity contribution < 1.29 is 4.79 Å². The predicted molar refractivity (Wildman–Crippen MR) is 83.5 cm³/mol. The first-order valence-electron chi connectivity index (χ1n) is 6.34. The summed E-state index contributed by atoms with van der Waals surface area (Å²) in [6.45, 7) is 4.01. The molecule has 0 fully saturated rings. The van der Waals surface area contributed by atoms with Gasteiger partial charge in [-0.2, -0.15) is 11.8 Å². The van der Waals surface area contributed by atoms with Crippen molar-refractivity contribution >= 4 is 23.4 Å². The van der Waals surface area contributed by atoms with Crippen molar-refractivity contribution in [3.8, 4) is 0 Å². The quantitative estimate of drug-likeness (QED) is 0.621. The molecule has 0 aliphatic rings. The number of nitrogens with one attached hydrogen (secondary N) is 1. The number of hydrogen-bond donors (Lipinski definition) is 2. The molecule has 0 radical (unpaired) electrons. The Labute approximate surface area is 119 Å². The van der Waals surface area contributed by atoms with E-state index < -0.39 is 0 Å². The fraction of sp³-hybridized carbons (Fsp3) is 0.500. The predicted octanol–water partition coefficient (Wildman–Crippen LogP) is 2.49. The van der Waals surface area contributed by atoms with Crippen LogP contribution in [0.5, 0.6) is 0 Å². The molecule has 0 bridgehead atoms. The van der Waals surface area contributed by atoms with Crippen molar-refractivity contribution in [3.63, 3.8) is 0 Å². The van der Waals surface area contributed by atoms with Crippen LogP contribution in [-0.4, -0.2) is 35.9 Å². The smallest absolute Gasteiger partial charge is 0.253 e. The number of rotatable bonds is 6. The maximum absolute atomic E-state index is 12.4. The summed E-state index contributed by atoms with van der Waals surface area (Å²) >= 11 is 1.80. The highest BCUT2D eigenvalue weighted by molar-refractivity contribution is 7.98. The molecule has 1 atom stereocenters. The SMILES string of the molecule is CSCCC(C)N(C)C(=O)c1ccc(NN)c(C)c1. The summed E-state index contributed by atoms with van der Waals surface area (Å²) < 4.78 is 0. The molecule has 1 unspecified atom stereocenters. The minimum atomic E-state index is 0.0558. The molecule has 0 aromatic heterocycles. The zero-order chi connectivity index (χ0) is 14.4. The molecular weight excluding hydrogens is 258 g/mol. The lowest BCUT2D eigenvalue weighted by molar-refractivity contribution is 0.0741. The number of aryl methyl sites for hydroxylation is 1. The summed E-state index contributed by atoms with van der Waals surface area (Å²) in [7, 11) is 1.86. The molecule has 0 aliphatic carbocycles. The normalized spacial score (nSPS) is 12.1. The number of hydrogen-bond acceptors (Lipinski definition) is 4. The van der Waals surface area contributed by atoms with Crippen molar-refractivity contribution in [2.24, 2.45) is 5.84 Å². The molecule has 106 valence electrons. The molecule has 19 heavy (non-hydrogen) atoms. The molecule has 5 heteroatoms. The van der Waals surface area contributed by atoms with Crippen molar-refractivity contribution in [2.45, 2.75) is 26.3 Å². The van der Waals surface area contributed by atoms with Gasteiger partial charge in [0.15, 0.2) is 0 Å². The third kappa shape index (κ3) is 4.14. The second-order valence-corrected chi connectivity index (χ2v) is 5.71. The Morgan fingerprint density at radius 2 is 2.21 bits per heavy atom. The molecule has 1 aromatic rings. The minimum absolute atomic E-state index is 0.0558. The summed E-state index contributed by atoms with van der Waals surface area (Å²) in [5, 5.41) is 0. The van der Waals surface area contributed by atoms with Crippen LogP contribution >= 0.6 is 11.8 Å². The molecule has 0 saturated heterocycles. The molecular formula is C14H23N3OS. The number of nitrogens with zero attached hydrogens (tertiary/aromatic N) is 1. The van der Waals surface area contributed by atoms with Crippen LogP contribution in [0.3, 0.4) is 0 Å². The maximum Gasteiger partial charge on any atom is 0.253 e. The van der Waals surface area contributed by atoms with Crippen LogP contribution in [0.15, 0.2) is 18.2 Å². The second-order valence-electron chi connectivity index (χ2n) is 4.72. The van der Waals surface area contributed by atoms with Gasteiger partial charge in [-0.3, -0.25) is 10.6 Å². The van der Waals surface area contributed by atoms with E-state index in [9.17, 15) is 4.79 Å². The van der Waals surface area contributed by atoms with Gasteiger partial charge in [0.2, 0.25) is 0 Å². The van der Waals surface area contributed by atoms with Gasteiger partial charge in [0.25, 0.3) is 5.91 Å². The number of hydrazine groups is 1. The Kier molecular flexibility index (Phi) is 6.18. The van der Waals surface area contributed by atoms with Gasteiger partial charge in [-0.25, -0.2) is 0 Å². The molecule has 4 nitrogen and oxygen atoms in total. The first-order chi connectivity index (χ1) is 9.01. The number of thioether (sulfide) groups is 1. The van der Waals surface area contributed by atoms with Crippen LogP contribution in [0.1, 0.15) is 29.3 Å². The Morgan fingerprint density at radius 3 is 2.74 bits per heavy atom. The fourth-order valence-corrected chi connectivity index (χ4v) is 2.42. The van der Waals surface area contributed by atoms with E-state index in [1.807, 2.05) is 32.2 Å². The van der Waals surface area contributed by atoms with Gasteiger partial charge >= 0.3 is 0 Å². The average molecular weight is 281 g/mol. The molecule has 1 amide bonds. The highest BCUT2D eigenvalue weighted by atomic mass is 32.2. The van der Waals surface area contributed by atoms with E-state index in [1.165, 1.54) is 0 Å². The van der Waals surface area contributed by atoms with Gasteiger partial charge in [0, 0.05) is 18.7 Å². The lowest BCUT2D eigenvalue weighted by Crippen LogP contribution is -2.35. The Morgan fingerprint density at radius 1 is 1.53 bits per heavy atom. The van der Waals surface area contributed by atoms with E-state index >= 15 is 0 Å². The van der Waals surface area contributed by atoms with Crippen LogP contribution in [0.4, 0.5) is 5.69 Å². The topological polar surface area (TPSA) is 58.4 Å². The number of amides is 1. The van der Waals surface area contributed by atoms with Crippen molar-refractivity contribution in [3.05, 3.63) is 29.3 Å². The van der Waals surface area contributed by atoms with E-state index in [2.05, 4.69) is 18.6 Å². The summed E-state index contributed by atoms with van der Waals surface area (Å²) in [6, 6.07) is 5.76. The van der Waals surface area contributed by atoms with Crippen LogP contribution < -0.4 is 11.3 Å². The number of nitrogen functional groups attached to an aromatic ring is 1. The van der Waals surface area contributed by atoms with Crippen LogP contribution in [0.2, 0.25) is 0 Å². The van der Waals surface area contributed by atoms with Gasteiger partial charge in [-0.1, -0.05) is 0 Å². The second kappa shape index (κ2) is 7.40. The van der Waals surface area contributed by atoms with E-state index in [4.69, 9.17) is 5.84 Å². The molecule has 0 heterocycles. The first-order valence-corrected chi connectivity index (χ1v) is 7.74. The van der Waals surface area contributed by atoms with Gasteiger partial charge < -0.3 is 10.3 Å². The Hall–Kier alpha value is -1.20. The van der Waals surface area contributed by atoms with E-state index in [0.29, 0.717) is 5.56 Å². The van der Waals surface area contributed by atoms with Gasteiger partial charge in [0.05, 0.1) is 5.69 Å². The number of carbonyl (C=O) groups excluding carboxylic acids is 1. The third-order valence-corrected chi connectivity index (χ3v) is 3.99. The Bertz CT molecular complexity index is 437. The van der Waals surface area contributed by atoms with Crippen LogP contribution in [0, 0.1) is 6.92 Å². The zero-order valence-corrected chi connectivity index (χ0v) is 12.9. The summed E-state index contributed by atoms with van der Waals surface area (Å²) in [5.41, 5.74) is 5.13. The molecule has 1 rings (SSSR count).